The molecule has 0 spiro atoms. The van der Waals surface area contributed by atoms with Crippen LogP contribution < -0.4 is 0 Å². The molecule has 2 aromatic rings. The monoisotopic (exact) mass is 400 g/mol. The molecule has 1 heterocycles. The SMILES string of the molecule is CCOC(=O)C1CCN(/C(=N/S(=O)(=O)c2ccccc2)c2ccccc2)CC1. The van der Waals surface area contributed by atoms with Crippen LogP contribution in [0.3, 0.4) is 0 Å². The number of carbonyl (C=O) groups excluding carboxylic acids is 1. The number of ether oxygens (including phenoxy) is 1. The molecule has 0 atom stereocenters. The second-order valence-electron chi connectivity index (χ2n) is 6.58. The fourth-order valence-corrected chi connectivity index (χ4v) is 4.28. The molecule has 0 aliphatic carbocycles. The third-order valence-electron chi connectivity index (χ3n) is 4.69. The molecule has 0 bridgehead atoms. The number of piperidine rings is 1. The van der Waals surface area contributed by atoms with E-state index < -0.39 is 10.0 Å². The number of rotatable bonds is 5. The van der Waals surface area contributed by atoms with E-state index in [1.165, 1.54) is 12.1 Å². The Morgan fingerprint density at radius 1 is 1.04 bits per heavy atom. The first-order chi connectivity index (χ1) is 13.5. The van der Waals surface area contributed by atoms with Gasteiger partial charge in [-0.05, 0) is 31.9 Å². The molecule has 1 aliphatic rings. The Morgan fingerprint density at radius 3 is 2.18 bits per heavy atom. The molecule has 0 unspecified atom stereocenters. The van der Waals surface area contributed by atoms with Gasteiger partial charge in [-0.1, -0.05) is 48.5 Å². The van der Waals surface area contributed by atoms with Gasteiger partial charge in [-0.25, -0.2) is 0 Å². The van der Waals surface area contributed by atoms with Crippen LogP contribution in [0.5, 0.6) is 0 Å². The van der Waals surface area contributed by atoms with E-state index in [0.717, 1.165) is 5.56 Å². The van der Waals surface area contributed by atoms with Crippen LogP contribution in [0.1, 0.15) is 25.3 Å². The smallest absolute Gasteiger partial charge is 0.309 e. The fourth-order valence-electron chi connectivity index (χ4n) is 3.23. The Hall–Kier alpha value is -2.67. The number of carbonyl (C=O) groups is 1. The first-order valence-electron chi connectivity index (χ1n) is 9.38. The van der Waals surface area contributed by atoms with Gasteiger partial charge < -0.3 is 9.64 Å². The molecule has 2 aromatic carbocycles. The maximum Gasteiger partial charge on any atom is 0.309 e. The van der Waals surface area contributed by atoms with Gasteiger partial charge in [0.15, 0.2) is 0 Å². The molecule has 3 rings (SSSR count). The van der Waals surface area contributed by atoms with E-state index in [4.69, 9.17) is 4.74 Å². The largest absolute Gasteiger partial charge is 0.466 e. The normalized spacial score (nSPS) is 16.0. The van der Waals surface area contributed by atoms with Crippen LogP contribution in [0, 0.1) is 5.92 Å². The molecule has 0 saturated carbocycles. The van der Waals surface area contributed by atoms with Crippen LogP contribution in [0.4, 0.5) is 0 Å². The van der Waals surface area contributed by atoms with Crippen LogP contribution in [0.25, 0.3) is 0 Å². The van der Waals surface area contributed by atoms with Gasteiger partial charge in [0.25, 0.3) is 10.0 Å². The van der Waals surface area contributed by atoms with E-state index in [2.05, 4.69) is 4.40 Å². The van der Waals surface area contributed by atoms with Crippen molar-refractivity contribution in [2.24, 2.45) is 10.3 Å². The second kappa shape index (κ2) is 9.01. The predicted octanol–water partition coefficient (Wildman–Crippen LogP) is 3.10. The average molecular weight is 401 g/mol. The van der Waals surface area contributed by atoms with Crippen molar-refractivity contribution < 1.29 is 17.9 Å². The molecular formula is C21H24N2O4S. The van der Waals surface area contributed by atoms with E-state index >= 15 is 0 Å². The lowest BCUT2D eigenvalue weighted by molar-refractivity contribution is -0.149. The number of esters is 1. The van der Waals surface area contributed by atoms with Crippen LogP contribution in [-0.2, 0) is 19.6 Å². The zero-order valence-corrected chi connectivity index (χ0v) is 16.6. The summed E-state index contributed by atoms with van der Waals surface area (Å²) in [5.41, 5.74) is 0.733. The molecule has 6 nitrogen and oxygen atoms in total. The van der Waals surface area contributed by atoms with Gasteiger partial charge in [-0.3, -0.25) is 4.79 Å². The van der Waals surface area contributed by atoms with Crippen LogP contribution in [-0.4, -0.2) is 44.8 Å². The minimum absolute atomic E-state index is 0.154. The number of hydrogen-bond acceptors (Lipinski definition) is 4. The average Bonchev–Trinajstić information content (AvgIpc) is 2.74. The fraction of sp³-hybridized carbons (Fsp3) is 0.333. The van der Waals surface area contributed by atoms with E-state index in [1.54, 1.807) is 25.1 Å². The molecule has 1 saturated heterocycles. The lowest BCUT2D eigenvalue weighted by atomic mass is 9.96. The van der Waals surface area contributed by atoms with Gasteiger partial charge >= 0.3 is 5.97 Å². The van der Waals surface area contributed by atoms with Crippen molar-refractivity contribution in [1.82, 2.24) is 4.90 Å². The van der Waals surface area contributed by atoms with Gasteiger partial charge in [-0.15, -0.1) is 4.40 Å². The molecule has 1 aliphatic heterocycles. The van der Waals surface area contributed by atoms with Crippen LogP contribution in [0.2, 0.25) is 0 Å². The molecular weight excluding hydrogens is 376 g/mol. The van der Waals surface area contributed by atoms with Gasteiger partial charge in [0.1, 0.15) is 5.84 Å². The maximum absolute atomic E-state index is 12.8. The minimum Gasteiger partial charge on any atom is -0.466 e. The van der Waals surface area contributed by atoms with Crippen LogP contribution >= 0.6 is 0 Å². The number of nitrogens with zero attached hydrogens (tertiary/aromatic N) is 2. The van der Waals surface area contributed by atoms with E-state index in [1.807, 2.05) is 35.2 Å². The first kappa shape index (κ1) is 20.1. The molecule has 7 heteroatoms. The van der Waals surface area contributed by atoms with Crippen molar-refractivity contribution >= 4 is 21.8 Å². The minimum atomic E-state index is -3.84. The zero-order chi connectivity index (χ0) is 20.0. The van der Waals surface area contributed by atoms with Gasteiger partial charge in [0.2, 0.25) is 0 Å². The highest BCUT2D eigenvalue weighted by Crippen LogP contribution is 2.22. The highest BCUT2D eigenvalue weighted by molar-refractivity contribution is 7.90. The lowest BCUT2D eigenvalue weighted by Gasteiger charge is -2.33. The third-order valence-corrected chi connectivity index (χ3v) is 5.98. The summed E-state index contributed by atoms with van der Waals surface area (Å²) in [7, 11) is -3.84. The Kier molecular flexibility index (Phi) is 6.46. The Balaban J connectivity index is 1.89. The molecule has 28 heavy (non-hydrogen) atoms. The number of benzene rings is 2. The predicted molar refractivity (Wildman–Crippen MR) is 108 cm³/mol. The quantitative estimate of drug-likeness (QED) is 0.438. The van der Waals surface area contributed by atoms with E-state index in [9.17, 15) is 13.2 Å². The highest BCUT2D eigenvalue weighted by atomic mass is 32.2. The number of amidine groups is 1. The summed E-state index contributed by atoms with van der Waals surface area (Å²) < 4.78 is 35.0. The second-order valence-corrected chi connectivity index (χ2v) is 8.19. The Morgan fingerprint density at radius 2 is 1.61 bits per heavy atom. The standard InChI is InChI=1S/C21H24N2O4S/c1-2-27-21(24)18-13-15-23(16-14-18)20(17-9-5-3-6-10-17)22-28(25,26)19-11-7-4-8-12-19/h3-12,18H,2,13-16H2,1H3/b22-20+. The number of likely N-dealkylation sites (tertiary alicyclic amines) is 1. The van der Waals surface area contributed by atoms with Crippen molar-refractivity contribution in [2.75, 3.05) is 19.7 Å². The molecule has 0 N–H and O–H groups in total. The molecule has 0 aromatic heterocycles. The highest BCUT2D eigenvalue weighted by Gasteiger charge is 2.29. The topological polar surface area (TPSA) is 76.0 Å². The van der Waals surface area contributed by atoms with Crippen molar-refractivity contribution in [1.29, 1.82) is 0 Å². The summed E-state index contributed by atoms with van der Waals surface area (Å²) in [5.74, 6) is 0.0722. The summed E-state index contributed by atoms with van der Waals surface area (Å²) >= 11 is 0. The molecule has 0 radical (unpaired) electrons. The van der Waals surface area contributed by atoms with Crippen molar-refractivity contribution in [3.8, 4) is 0 Å². The molecule has 1 fully saturated rings. The summed E-state index contributed by atoms with van der Waals surface area (Å²) in [6, 6.07) is 17.5. The molecule has 0 amide bonds. The molecule has 148 valence electrons. The summed E-state index contributed by atoms with van der Waals surface area (Å²) in [5, 5.41) is 0. The Bertz CT molecular complexity index is 919. The summed E-state index contributed by atoms with van der Waals surface area (Å²) in [4.78, 5) is 14.1. The maximum atomic E-state index is 12.8. The lowest BCUT2D eigenvalue weighted by Crippen LogP contribution is -2.41. The van der Waals surface area contributed by atoms with Gasteiger partial charge in [0, 0.05) is 18.7 Å². The Labute approximate surface area is 165 Å². The summed E-state index contributed by atoms with van der Waals surface area (Å²) in [6.45, 7) is 3.25. The van der Waals surface area contributed by atoms with Crippen molar-refractivity contribution in [3.63, 3.8) is 0 Å². The van der Waals surface area contributed by atoms with Crippen molar-refractivity contribution in [2.45, 2.75) is 24.7 Å². The van der Waals surface area contributed by atoms with Gasteiger partial charge in [-0.2, -0.15) is 8.42 Å². The van der Waals surface area contributed by atoms with E-state index in [0.29, 0.717) is 38.4 Å². The zero-order valence-electron chi connectivity index (χ0n) is 15.8. The van der Waals surface area contributed by atoms with Crippen LogP contribution in [0.15, 0.2) is 70.0 Å². The number of hydrogen-bond donors (Lipinski definition) is 0. The van der Waals surface area contributed by atoms with Crippen molar-refractivity contribution in [3.05, 3.63) is 66.2 Å². The van der Waals surface area contributed by atoms with Gasteiger partial charge in [0.05, 0.1) is 17.4 Å². The number of sulfonamides is 1. The summed E-state index contributed by atoms with van der Waals surface area (Å²) in [6.07, 6.45) is 1.21. The van der Waals surface area contributed by atoms with E-state index in [-0.39, 0.29) is 16.8 Å². The third kappa shape index (κ3) is 4.78. The first-order valence-corrected chi connectivity index (χ1v) is 10.8.